The van der Waals surface area contributed by atoms with E-state index in [0.717, 1.165) is 16.9 Å². The Morgan fingerprint density at radius 2 is 1.82 bits per heavy atom. The molecule has 2 heterocycles. The molecule has 0 aliphatic heterocycles. The Hall–Kier alpha value is -4.55. The van der Waals surface area contributed by atoms with Crippen LogP contribution in [-0.2, 0) is 4.74 Å². The van der Waals surface area contributed by atoms with Gasteiger partial charge in [-0.2, -0.15) is 5.26 Å². The highest BCUT2D eigenvalue weighted by Crippen LogP contribution is 2.28. The van der Waals surface area contributed by atoms with E-state index < -0.39 is 0 Å². The average molecular weight is 471 g/mol. The van der Waals surface area contributed by atoms with E-state index in [4.69, 9.17) is 9.15 Å². The van der Waals surface area contributed by atoms with Crippen LogP contribution in [0.5, 0.6) is 0 Å². The monoisotopic (exact) mass is 470 g/mol. The van der Waals surface area contributed by atoms with Crippen molar-refractivity contribution in [2.24, 2.45) is 0 Å². The van der Waals surface area contributed by atoms with E-state index >= 15 is 0 Å². The van der Waals surface area contributed by atoms with Crippen LogP contribution in [0.25, 0.3) is 23.0 Å². The normalized spacial score (nSPS) is 11.0. The first kappa shape index (κ1) is 22.6. The third-order valence-electron chi connectivity index (χ3n) is 4.63. The lowest BCUT2D eigenvalue weighted by Gasteiger charge is -2.02. The molecule has 0 fully saturated rings. The molecule has 4 rings (SSSR count). The number of aromatic nitrogens is 2. The van der Waals surface area contributed by atoms with Crippen LogP contribution in [-0.4, -0.2) is 28.7 Å². The summed E-state index contributed by atoms with van der Waals surface area (Å²) in [5.74, 6) is 0.334. The van der Waals surface area contributed by atoms with Crippen molar-refractivity contribution in [2.45, 2.75) is 6.92 Å². The van der Waals surface area contributed by atoms with Crippen molar-refractivity contribution < 1.29 is 18.7 Å². The number of nitrogens with one attached hydrogen (secondary N) is 1. The number of hydrogen-bond donors (Lipinski definition) is 1. The highest BCUT2D eigenvalue weighted by atomic mass is 32.1. The molecule has 0 bridgehead atoms. The lowest BCUT2D eigenvalue weighted by Crippen LogP contribution is -2.11. The second-order valence-electron chi connectivity index (χ2n) is 6.90. The zero-order valence-electron chi connectivity index (χ0n) is 18.0. The average Bonchev–Trinajstić information content (AvgIpc) is 3.53. The fourth-order valence-electron chi connectivity index (χ4n) is 3.00. The Labute approximate surface area is 199 Å². The van der Waals surface area contributed by atoms with Crippen molar-refractivity contribution in [3.63, 3.8) is 0 Å². The molecule has 0 saturated carbocycles. The van der Waals surface area contributed by atoms with Crippen LogP contribution >= 0.6 is 11.3 Å². The van der Waals surface area contributed by atoms with Gasteiger partial charge in [-0.25, -0.2) is 4.79 Å². The summed E-state index contributed by atoms with van der Waals surface area (Å²) in [5, 5.41) is 20.9. The van der Waals surface area contributed by atoms with Crippen LogP contribution in [0.2, 0.25) is 0 Å². The third-order valence-corrected chi connectivity index (χ3v) is 5.50. The van der Waals surface area contributed by atoms with Gasteiger partial charge in [-0.3, -0.25) is 10.1 Å². The van der Waals surface area contributed by atoms with Crippen LogP contribution in [0.3, 0.4) is 0 Å². The smallest absolute Gasteiger partial charge is 0.338 e. The van der Waals surface area contributed by atoms with Gasteiger partial charge in [0, 0.05) is 17.2 Å². The van der Waals surface area contributed by atoms with Crippen molar-refractivity contribution in [1.29, 1.82) is 5.26 Å². The summed E-state index contributed by atoms with van der Waals surface area (Å²) >= 11 is 1.09. The van der Waals surface area contributed by atoms with E-state index in [1.54, 1.807) is 73.7 Å². The van der Waals surface area contributed by atoms with Crippen molar-refractivity contribution in [2.75, 3.05) is 11.9 Å². The molecule has 168 valence electrons. The number of rotatable bonds is 7. The summed E-state index contributed by atoms with van der Waals surface area (Å²) in [5.41, 5.74) is 1.97. The van der Waals surface area contributed by atoms with Gasteiger partial charge >= 0.3 is 5.97 Å². The predicted molar refractivity (Wildman–Crippen MR) is 128 cm³/mol. The number of furan rings is 1. The molecular formula is C25H18N4O4S. The Bertz CT molecular complexity index is 1380. The van der Waals surface area contributed by atoms with Gasteiger partial charge in [0.25, 0.3) is 5.91 Å². The fraction of sp³-hybridized carbons (Fsp3) is 0.0800. The van der Waals surface area contributed by atoms with Crippen LogP contribution in [0, 0.1) is 11.3 Å². The molecule has 2 aromatic carbocycles. The molecule has 2 aromatic heterocycles. The van der Waals surface area contributed by atoms with E-state index in [0.29, 0.717) is 34.3 Å². The van der Waals surface area contributed by atoms with Gasteiger partial charge in [-0.05, 0) is 43.3 Å². The van der Waals surface area contributed by atoms with Gasteiger partial charge in [0.05, 0.1) is 17.7 Å². The van der Waals surface area contributed by atoms with Gasteiger partial charge < -0.3 is 9.15 Å². The largest absolute Gasteiger partial charge is 0.462 e. The number of carbonyl (C=O) groups excluding carboxylic acids is 2. The molecule has 1 N–H and O–H groups in total. The highest BCUT2D eigenvalue weighted by molar-refractivity contribution is 7.16. The minimum absolute atomic E-state index is 0.247. The zero-order chi connectivity index (χ0) is 23.9. The quantitative estimate of drug-likeness (QED) is 0.288. The maximum Gasteiger partial charge on any atom is 0.338 e. The van der Waals surface area contributed by atoms with Gasteiger partial charge in [-0.1, -0.05) is 41.7 Å². The van der Waals surface area contributed by atoms with Crippen molar-refractivity contribution in [3.05, 3.63) is 88.6 Å². The zero-order valence-corrected chi connectivity index (χ0v) is 18.8. The first-order valence-corrected chi connectivity index (χ1v) is 11.1. The summed E-state index contributed by atoms with van der Waals surface area (Å²) in [6.07, 6.45) is 1.56. The second kappa shape index (κ2) is 10.4. The minimum Gasteiger partial charge on any atom is -0.462 e. The van der Waals surface area contributed by atoms with E-state index in [-0.39, 0.29) is 22.6 Å². The van der Waals surface area contributed by atoms with Crippen molar-refractivity contribution >= 4 is 40.0 Å². The summed E-state index contributed by atoms with van der Waals surface area (Å²) in [6, 6.07) is 21.2. The van der Waals surface area contributed by atoms with Crippen LogP contribution < -0.4 is 5.32 Å². The van der Waals surface area contributed by atoms with Gasteiger partial charge in [0.2, 0.25) is 5.13 Å². The van der Waals surface area contributed by atoms with E-state index in [9.17, 15) is 14.9 Å². The molecule has 0 atom stereocenters. The number of anilines is 1. The van der Waals surface area contributed by atoms with Crippen molar-refractivity contribution in [1.82, 2.24) is 10.2 Å². The summed E-state index contributed by atoms with van der Waals surface area (Å²) in [4.78, 5) is 24.1. The van der Waals surface area contributed by atoms with Crippen LogP contribution in [0.15, 0.2) is 71.1 Å². The molecule has 0 aliphatic rings. The maximum atomic E-state index is 12.3. The van der Waals surface area contributed by atoms with E-state index in [2.05, 4.69) is 21.6 Å². The minimum atomic E-state index is -0.382. The molecule has 34 heavy (non-hydrogen) atoms. The van der Waals surface area contributed by atoms with Gasteiger partial charge in [-0.15, -0.1) is 10.2 Å². The first-order chi connectivity index (χ1) is 16.6. The molecule has 1 amide bonds. The first-order valence-electron chi connectivity index (χ1n) is 10.3. The van der Waals surface area contributed by atoms with Crippen molar-refractivity contribution in [3.8, 4) is 17.4 Å². The maximum absolute atomic E-state index is 12.3. The van der Waals surface area contributed by atoms with Gasteiger partial charge in [0.15, 0.2) is 5.01 Å². The molecule has 0 aliphatic carbocycles. The number of ether oxygens (including phenoxy) is 1. The third kappa shape index (κ3) is 5.26. The number of amides is 1. The second-order valence-corrected chi connectivity index (χ2v) is 7.88. The number of benzene rings is 2. The Morgan fingerprint density at radius 3 is 2.53 bits per heavy atom. The number of carbonyl (C=O) groups is 2. The molecule has 0 radical (unpaired) electrons. The molecule has 8 nitrogen and oxygen atoms in total. The molecular weight excluding hydrogens is 452 g/mol. The molecule has 9 heteroatoms. The lowest BCUT2D eigenvalue weighted by atomic mass is 10.1. The van der Waals surface area contributed by atoms with Crippen LogP contribution in [0.1, 0.15) is 38.4 Å². The Kier molecular flexibility index (Phi) is 6.91. The Balaban J connectivity index is 1.48. The lowest BCUT2D eigenvalue weighted by molar-refractivity contribution is 0.0526. The summed E-state index contributed by atoms with van der Waals surface area (Å²) < 4.78 is 10.8. The van der Waals surface area contributed by atoms with E-state index in [1.165, 1.54) is 0 Å². The number of nitrogens with zero attached hydrogens (tertiary/aromatic N) is 3. The Morgan fingerprint density at radius 1 is 1.06 bits per heavy atom. The fourth-order valence-corrected chi connectivity index (χ4v) is 3.70. The number of hydrogen-bond acceptors (Lipinski definition) is 8. The highest BCUT2D eigenvalue weighted by Gasteiger charge is 2.14. The van der Waals surface area contributed by atoms with Gasteiger partial charge in [0.1, 0.15) is 17.6 Å². The summed E-state index contributed by atoms with van der Waals surface area (Å²) in [6.45, 7) is 2.06. The molecule has 4 aromatic rings. The van der Waals surface area contributed by atoms with Crippen LogP contribution in [0.4, 0.5) is 5.13 Å². The standard InChI is InChI=1S/C25H18N4O4S/c1-2-32-24(31)18-10-8-16(9-11-18)21-13-12-20(33-21)14-19(15-26)23-28-29-25(34-23)27-22(30)17-6-4-3-5-7-17/h3-14H,2H2,1H3,(H,27,29,30). The molecule has 0 spiro atoms. The number of nitriles is 1. The number of esters is 1. The predicted octanol–water partition coefficient (Wildman–Crippen LogP) is 5.29. The molecule has 0 saturated heterocycles. The molecule has 0 unspecified atom stereocenters. The summed E-state index contributed by atoms with van der Waals surface area (Å²) in [7, 11) is 0. The number of allylic oxidation sites excluding steroid dienone is 1. The SMILES string of the molecule is CCOC(=O)c1ccc(-c2ccc(C=C(C#N)c3nnc(NC(=O)c4ccccc4)s3)o2)cc1. The topological polar surface area (TPSA) is 118 Å². The van der Waals surface area contributed by atoms with E-state index in [1.807, 2.05) is 6.07 Å².